The highest BCUT2D eigenvalue weighted by molar-refractivity contribution is 6.30. The van der Waals surface area contributed by atoms with Gasteiger partial charge in [0.15, 0.2) is 5.96 Å². The Labute approximate surface area is 156 Å². The third kappa shape index (κ3) is 9.53. The third-order valence-corrected chi connectivity index (χ3v) is 4.01. The smallest absolute Gasteiger partial charge is 0.193 e. The lowest BCUT2D eigenvalue weighted by molar-refractivity contribution is 0.161. The molecule has 0 saturated carbocycles. The van der Waals surface area contributed by atoms with Crippen molar-refractivity contribution in [2.45, 2.75) is 6.42 Å². The van der Waals surface area contributed by atoms with Crippen molar-refractivity contribution in [3.05, 3.63) is 29.3 Å². The van der Waals surface area contributed by atoms with Crippen LogP contribution in [0.25, 0.3) is 0 Å². The molecule has 1 rings (SSSR count). The largest absolute Gasteiger partial charge is 0.492 e. The Morgan fingerprint density at radius 2 is 1.84 bits per heavy atom. The van der Waals surface area contributed by atoms with Gasteiger partial charge in [0, 0.05) is 39.3 Å². The molecular formula is C18H31ClN4O2. The first-order valence-corrected chi connectivity index (χ1v) is 8.92. The summed E-state index contributed by atoms with van der Waals surface area (Å²) in [5.74, 6) is 1.69. The van der Waals surface area contributed by atoms with Gasteiger partial charge in [-0.15, -0.1) is 0 Å². The fourth-order valence-electron chi connectivity index (χ4n) is 2.23. The molecule has 0 radical (unpaired) electrons. The molecule has 1 aromatic carbocycles. The van der Waals surface area contributed by atoms with Gasteiger partial charge in [-0.2, -0.15) is 0 Å². The minimum Gasteiger partial charge on any atom is -0.492 e. The number of nitrogens with one attached hydrogen (secondary N) is 1. The van der Waals surface area contributed by atoms with Crippen molar-refractivity contribution >= 4 is 17.6 Å². The molecule has 0 atom stereocenters. The Morgan fingerprint density at radius 3 is 2.48 bits per heavy atom. The number of hydrogen-bond donors (Lipinski definition) is 1. The molecule has 0 unspecified atom stereocenters. The van der Waals surface area contributed by atoms with Crippen molar-refractivity contribution in [3.8, 4) is 5.75 Å². The van der Waals surface area contributed by atoms with E-state index in [2.05, 4.69) is 27.2 Å². The molecule has 25 heavy (non-hydrogen) atoms. The second-order valence-electron chi connectivity index (χ2n) is 5.85. The standard InChI is InChI=1S/C18H31ClN4O2/c1-20-18(21-10-5-11-22(2)12-14-24-4)23(3)13-15-25-17-8-6-16(19)7-9-17/h6-9H,5,10-15H2,1-4H3,(H,20,21). The van der Waals surface area contributed by atoms with Gasteiger partial charge in [-0.05, 0) is 44.3 Å². The second-order valence-corrected chi connectivity index (χ2v) is 6.28. The van der Waals surface area contributed by atoms with Gasteiger partial charge in [0.2, 0.25) is 0 Å². The van der Waals surface area contributed by atoms with E-state index in [1.165, 1.54) is 0 Å². The number of benzene rings is 1. The van der Waals surface area contributed by atoms with Crippen LogP contribution in [0.3, 0.4) is 0 Å². The molecule has 0 amide bonds. The van der Waals surface area contributed by atoms with E-state index in [0.717, 1.165) is 50.9 Å². The number of methoxy groups -OCH3 is 1. The molecule has 0 fully saturated rings. The van der Waals surface area contributed by atoms with Crippen LogP contribution in [0.5, 0.6) is 5.75 Å². The normalized spacial score (nSPS) is 11.7. The van der Waals surface area contributed by atoms with Crippen LogP contribution in [0.1, 0.15) is 6.42 Å². The number of hydrogen-bond acceptors (Lipinski definition) is 4. The Bertz CT molecular complexity index is 496. The first-order valence-electron chi connectivity index (χ1n) is 8.54. The second kappa shape index (κ2) is 12.8. The average molecular weight is 371 g/mol. The van der Waals surface area contributed by atoms with Crippen LogP contribution in [0.4, 0.5) is 0 Å². The summed E-state index contributed by atoms with van der Waals surface area (Å²) in [6.07, 6.45) is 1.05. The van der Waals surface area contributed by atoms with Gasteiger partial charge < -0.3 is 24.6 Å². The maximum absolute atomic E-state index is 5.86. The van der Waals surface area contributed by atoms with Crippen molar-refractivity contribution in [1.82, 2.24) is 15.1 Å². The number of halogens is 1. The molecule has 6 nitrogen and oxygen atoms in total. The van der Waals surface area contributed by atoms with Gasteiger partial charge in [0.1, 0.15) is 12.4 Å². The number of aliphatic imine (C=N–C) groups is 1. The predicted molar refractivity (Wildman–Crippen MR) is 105 cm³/mol. The van der Waals surface area contributed by atoms with Crippen LogP contribution >= 0.6 is 11.6 Å². The van der Waals surface area contributed by atoms with Crippen LogP contribution in [0, 0.1) is 0 Å². The quantitative estimate of drug-likeness (QED) is 0.367. The number of rotatable bonds is 11. The summed E-state index contributed by atoms with van der Waals surface area (Å²) in [5.41, 5.74) is 0. The molecule has 0 saturated heterocycles. The van der Waals surface area contributed by atoms with Gasteiger partial charge >= 0.3 is 0 Å². The van der Waals surface area contributed by atoms with Gasteiger partial charge in [-0.3, -0.25) is 4.99 Å². The number of guanidine groups is 1. The highest BCUT2D eigenvalue weighted by Gasteiger charge is 2.06. The van der Waals surface area contributed by atoms with Crippen LogP contribution in [0.15, 0.2) is 29.3 Å². The first-order chi connectivity index (χ1) is 12.1. The molecule has 142 valence electrons. The van der Waals surface area contributed by atoms with E-state index < -0.39 is 0 Å². The third-order valence-electron chi connectivity index (χ3n) is 3.76. The Morgan fingerprint density at radius 1 is 1.12 bits per heavy atom. The van der Waals surface area contributed by atoms with Crippen LogP contribution in [-0.2, 0) is 4.74 Å². The van der Waals surface area contributed by atoms with E-state index in [4.69, 9.17) is 21.1 Å². The zero-order valence-corrected chi connectivity index (χ0v) is 16.6. The lowest BCUT2D eigenvalue weighted by Gasteiger charge is -2.23. The number of nitrogens with zero attached hydrogens (tertiary/aromatic N) is 3. The van der Waals surface area contributed by atoms with Gasteiger partial charge in [0.05, 0.1) is 13.2 Å². The van der Waals surface area contributed by atoms with Gasteiger partial charge in [0.25, 0.3) is 0 Å². The van der Waals surface area contributed by atoms with Crippen LogP contribution in [-0.4, -0.2) is 83.4 Å². The van der Waals surface area contributed by atoms with Crippen molar-refractivity contribution < 1.29 is 9.47 Å². The van der Waals surface area contributed by atoms with E-state index in [1.807, 2.05) is 31.3 Å². The molecule has 0 heterocycles. The molecule has 0 aliphatic carbocycles. The monoisotopic (exact) mass is 370 g/mol. The molecule has 0 bridgehead atoms. The van der Waals surface area contributed by atoms with Crippen molar-refractivity contribution in [2.24, 2.45) is 4.99 Å². The Hall–Kier alpha value is -1.50. The summed E-state index contributed by atoms with van der Waals surface area (Å²) < 4.78 is 10.8. The highest BCUT2D eigenvalue weighted by atomic mass is 35.5. The van der Waals surface area contributed by atoms with E-state index >= 15 is 0 Å². The Balaban J connectivity index is 2.21. The molecule has 0 spiro atoms. The summed E-state index contributed by atoms with van der Waals surface area (Å²) in [6.45, 7) is 4.95. The summed E-state index contributed by atoms with van der Waals surface area (Å²) >= 11 is 5.86. The summed E-state index contributed by atoms with van der Waals surface area (Å²) in [5, 5.41) is 4.09. The van der Waals surface area contributed by atoms with E-state index in [1.54, 1.807) is 14.2 Å². The van der Waals surface area contributed by atoms with Gasteiger partial charge in [-0.25, -0.2) is 0 Å². The predicted octanol–water partition coefficient (Wildman–Crippen LogP) is 2.19. The Kier molecular flexibility index (Phi) is 11.0. The maximum atomic E-state index is 5.86. The molecule has 0 aliphatic heterocycles. The van der Waals surface area contributed by atoms with Crippen LogP contribution < -0.4 is 10.1 Å². The molecule has 1 N–H and O–H groups in total. The highest BCUT2D eigenvalue weighted by Crippen LogP contribution is 2.15. The lowest BCUT2D eigenvalue weighted by Crippen LogP contribution is -2.41. The van der Waals surface area contributed by atoms with Crippen molar-refractivity contribution in [1.29, 1.82) is 0 Å². The summed E-state index contributed by atoms with van der Waals surface area (Å²) in [7, 11) is 7.63. The first kappa shape index (κ1) is 21.5. The zero-order valence-electron chi connectivity index (χ0n) is 15.8. The van der Waals surface area contributed by atoms with Crippen molar-refractivity contribution in [3.63, 3.8) is 0 Å². The topological polar surface area (TPSA) is 49.3 Å². The van der Waals surface area contributed by atoms with Gasteiger partial charge in [-0.1, -0.05) is 11.6 Å². The zero-order chi connectivity index (χ0) is 18.5. The SMILES string of the molecule is CN=C(NCCCN(C)CCOC)N(C)CCOc1ccc(Cl)cc1. The number of likely N-dealkylation sites (N-methyl/N-ethyl adjacent to an activating group) is 2. The molecular weight excluding hydrogens is 340 g/mol. The van der Waals surface area contributed by atoms with E-state index in [0.29, 0.717) is 11.6 Å². The molecule has 0 aromatic heterocycles. The summed E-state index contributed by atoms with van der Waals surface area (Å²) in [6, 6.07) is 7.39. The lowest BCUT2D eigenvalue weighted by atomic mass is 10.3. The maximum Gasteiger partial charge on any atom is 0.193 e. The fraction of sp³-hybridized carbons (Fsp3) is 0.611. The minimum atomic E-state index is 0.582. The fourth-order valence-corrected chi connectivity index (χ4v) is 2.36. The van der Waals surface area contributed by atoms with Crippen molar-refractivity contribution in [2.75, 3.05) is 67.6 Å². The van der Waals surface area contributed by atoms with E-state index in [9.17, 15) is 0 Å². The molecule has 1 aromatic rings. The molecule has 7 heteroatoms. The molecule has 0 aliphatic rings. The van der Waals surface area contributed by atoms with Crippen LogP contribution in [0.2, 0.25) is 5.02 Å². The summed E-state index contributed by atoms with van der Waals surface area (Å²) in [4.78, 5) is 8.64. The number of ether oxygens (including phenoxy) is 2. The van der Waals surface area contributed by atoms with E-state index in [-0.39, 0.29) is 0 Å². The minimum absolute atomic E-state index is 0.582. The average Bonchev–Trinajstić information content (AvgIpc) is 2.61.